The molecule has 0 radical (unpaired) electrons. The minimum absolute atomic E-state index is 0.104. The number of fused-ring (bicyclic) bond motifs is 3. The van der Waals surface area contributed by atoms with E-state index in [1.54, 1.807) is 42.3 Å². The number of carbonyl (C=O) groups excluding carboxylic acids is 1. The van der Waals surface area contributed by atoms with E-state index >= 15 is 0 Å². The highest BCUT2D eigenvalue weighted by molar-refractivity contribution is 7.99. The average molecular weight is 478 g/mol. The minimum atomic E-state index is -0.308. The summed E-state index contributed by atoms with van der Waals surface area (Å²) in [7, 11) is 1.69. The summed E-state index contributed by atoms with van der Waals surface area (Å²) in [5.41, 5.74) is 3.19. The zero-order chi connectivity index (χ0) is 23.1. The number of aryl methyl sites for hydroxylation is 2. The Kier molecular flexibility index (Phi) is 5.72. The van der Waals surface area contributed by atoms with Crippen LogP contribution in [0.4, 0.5) is 0 Å². The van der Waals surface area contributed by atoms with Crippen molar-refractivity contribution in [2.45, 2.75) is 37.0 Å². The van der Waals surface area contributed by atoms with E-state index in [4.69, 9.17) is 4.52 Å². The third-order valence-corrected chi connectivity index (χ3v) is 8.35. The van der Waals surface area contributed by atoms with Gasteiger partial charge >= 0.3 is 0 Å². The number of para-hydroxylation sites is 1. The van der Waals surface area contributed by atoms with Crippen LogP contribution in [0.2, 0.25) is 0 Å². The Morgan fingerprint density at radius 3 is 2.76 bits per heavy atom. The van der Waals surface area contributed by atoms with Crippen LogP contribution in [-0.4, -0.2) is 27.6 Å². The summed E-state index contributed by atoms with van der Waals surface area (Å²) >= 11 is 3.55. The molecule has 8 heteroatoms. The molecular formula is C25H23N3O3S2. The molecule has 1 aliphatic heterocycles. The molecule has 0 saturated heterocycles. The molecule has 4 aromatic rings. The summed E-state index contributed by atoms with van der Waals surface area (Å²) in [6.45, 7) is 4.29. The van der Waals surface area contributed by atoms with E-state index in [0.29, 0.717) is 12.1 Å². The van der Waals surface area contributed by atoms with Crippen molar-refractivity contribution in [2.75, 3.05) is 7.05 Å². The van der Waals surface area contributed by atoms with Gasteiger partial charge < -0.3 is 14.0 Å². The van der Waals surface area contributed by atoms with Crippen LogP contribution in [0, 0.1) is 13.8 Å². The first-order chi connectivity index (χ1) is 15.9. The van der Waals surface area contributed by atoms with Crippen LogP contribution >= 0.6 is 23.1 Å². The Hall–Kier alpha value is -3.10. The summed E-state index contributed by atoms with van der Waals surface area (Å²) in [5.74, 6) is -0.308. The second-order valence-corrected chi connectivity index (χ2v) is 10.7. The number of hydrogen-bond acceptors (Lipinski definition) is 6. The molecule has 33 heavy (non-hydrogen) atoms. The molecule has 168 valence electrons. The highest BCUT2D eigenvalue weighted by atomic mass is 32.2. The summed E-state index contributed by atoms with van der Waals surface area (Å²) in [4.78, 5) is 32.0. The SMILES string of the molecule is Cc1ccc(C2Cc3c(C(=O)N(C)Cc4ccon4)c(=O)cc(C)n3-c3ccccc3S2)s1. The largest absolute Gasteiger partial charge is 0.364 e. The van der Waals surface area contributed by atoms with Crippen molar-refractivity contribution in [3.05, 3.63) is 97.4 Å². The van der Waals surface area contributed by atoms with E-state index in [9.17, 15) is 9.59 Å². The van der Waals surface area contributed by atoms with E-state index < -0.39 is 0 Å². The van der Waals surface area contributed by atoms with Crippen LogP contribution in [0.3, 0.4) is 0 Å². The molecule has 3 aromatic heterocycles. The summed E-state index contributed by atoms with van der Waals surface area (Å²) in [6.07, 6.45) is 2.05. The highest BCUT2D eigenvalue weighted by Gasteiger charge is 2.30. The first-order valence-corrected chi connectivity index (χ1v) is 12.3. The van der Waals surface area contributed by atoms with Crippen molar-refractivity contribution in [2.24, 2.45) is 0 Å². The van der Waals surface area contributed by atoms with Gasteiger partial charge in [0, 0.05) is 56.9 Å². The third-order valence-electron chi connectivity index (χ3n) is 5.78. The first kappa shape index (κ1) is 21.7. The van der Waals surface area contributed by atoms with Crippen molar-refractivity contribution in [3.63, 3.8) is 0 Å². The van der Waals surface area contributed by atoms with E-state index in [0.717, 1.165) is 22.0 Å². The number of amides is 1. The van der Waals surface area contributed by atoms with Crippen LogP contribution in [0.25, 0.3) is 5.69 Å². The smallest absolute Gasteiger partial charge is 0.259 e. The predicted octanol–water partition coefficient (Wildman–Crippen LogP) is 5.17. The Morgan fingerprint density at radius 2 is 2.03 bits per heavy atom. The summed E-state index contributed by atoms with van der Waals surface area (Å²) in [6, 6.07) is 15.8. The van der Waals surface area contributed by atoms with Gasteiger partial charge in [-0.2, -0.15) is 0 Å². The normalized spacial score (nSPS) is 14.9. The van der Waals surface area contributed by atoms with Crippen LogP contribution in [0.5, 0.6) is 0 Å². The van der Waals surface area contributed by atoms with Crippen LogP contribution in [-0.2, 0) is 13.0 Å². The Balaban J connectivity index is 1.68. The number of thiophene rings is 1. The Bertz CT molecular complexity index is 1390. The first-order valence-electron chi connectivity index (χ1n) is 10.6. The number of nitrogens with zero attached hydrogens (tertiary/aromatic N) is 3. The molecule has 4 heterocycles. The molecule has 0 saturated carbocycles. The fourth-order valence-electron chi connectivity index (χ4n) is 4.27. The molecule has 0 spiro atoms. The zero-order valence-electron chi connectivity index (χ0n) is 18.6. The number of hydrogen-bond donors (Lipinski definition) is 0. The zero-order valence-corrected chi connectivity index (χ0v) is 20.2. The molecule has 0 N–H and O–H groups in total. The van der Waals surface area contributed by atoms with E-state index in [1.165, 1.54) is 20.9 Å². The Labute approximate surface area is 199 Å². The van der Waals surface area contributed by atoms with E-state index in [-0.39, 0.29) is 28.7 Å². The van der Waals surface area contributed by atoms with Gasteiger partial charge in [-0.05, 0) is 38.1 Å². The fourth-order valence-corrected chi connectivity index (χ4v) is 6.60. The second kappa shape index (κ2) is 8.68. The lowest BCUT2D eigenvalue weighted by Crippen LogP contribution is -2.34. The van der Waals surface area contributed by atoms with Crippen molar-refractivity contribution >= 4 is 29.0 Å². The molecular weight excluding hydrogens is 454 g/mol. The van der Waals surface area contributed by atoms with Crippen molar-refractivity contribution in [1.29, 1.82) is 0 Å². The minimum Gasteiger partial charge on any atom is -0.364 e. The molecule has 1 aliphatic rings. The Morgan fingerprint density at radius 1 is 1.21 bits per heavy atom. The highest BCUT2D eigenvalue weighted by Crippen LogP contribution is 2.46. The van der Waals surface area contributed by atoms with E-state index in [2.05, 4.69) is 40.9 Å². The summed E-state index contributed by atoms with van der Waals surface area (Å²) in [5, 5.41) is 4.00. The van der Waals surface area contributed by atoms with Crippen LogP contribution in [0.1, 0.15) is 42.4 Å². The molecule has 0 bridgehead atoms. The lowest BCUT2D eigenvalue weighted by molar-refractivity contribution is 0.0779. The standard InChI is InChI=1S/C25H23N3O3S2/c1-15-12-20(29)24(25(30)27(3)14-17-10-11-31-26-17)19-13-23(22-9-8-16(2)32-22)33-21-7-5-4-6-18(21)28(15)19/h4-12,23H,13-14H2,1-3H3. The van der Waals surface area contributed by atoms with E-state index in [1.807, 2.05) is 19.1 Å². The van der Waals surface area contributed by atoms with Crippen molar-refractivity contribution < 1.29 is 9.32 Å². The average Bonchev–Trinajstić information content (AvgIpc) is 3.41. The molecule has 1 unspecified atom stereocenters. The number of benzene rings is 1. The van der Waals surface area contributed by atoms with Gasteiger partial charge in [0.2, 0.25) is 0 Å². The lowest BCUT2D eigenvalue weighted by Gasteiger charge is -2.22. The third kappa shape index (κ3) is 4.05. The molecule has 6 nitrogen and oxygen atoms in total. The van der Waals surface area contributed by atoms with Gasteiger partial charge in [-0.1, -0.05) is 17.3 Å². The molecule has 1 atom stereocenters. The maximum Gasteiger partial charge on any atom is 0.259 e. The fraction of sp³-hybridized carbons (Fsp3) is 0.240. The topological polar surface area (TPSA) is 68.3 Å². The van der Waals surface area contributed by atoms with Gasteiger partial charge in [0.15, 0.2) is 5.43 Å². The number of aromatic nitrogens is 2. The number of thioether (sulfide) groups is 1. The quantitative estimate of drug-likeness (QED) is 0.406. The van der Waals surface area contributed by atoms with Gasteiger partial charge in [-0.15, -0.1) is 23.1 Å². The summed E-state index contributed by atoms with van der Waals surface area (Å²) < 4.78 is 6.98. The molecule has 0 fully saturated rings. The number of carbonyl (C=O) groups is 1. The van der Waals surface area contributed by atoms with Crippen molar-refractivity contribution in [1.82, 2.24) is 14.6 Å². The maximum absolute atomic E-state index is 13.6. The molecule has 1 aromatic carbocycles. The van der Waals surface area contributed by atoms with Gasteiger partial charge in [0.1, 0.15) is 17.5 Å². The predicted molar refractivity (Wildman–Crippen MR) is 130 cm³/mol. The molecule has 1 amide bonds. The van der Waals surface area contributed by atoms with Crippen LogP contribution in [0.15, 0.2) is 69.0 Å². The van der Waals surface area contributed by atoms with Crippen LogP contribution < -0.4 is 5.43 Å². The molecule has 5 rings (SSSR count). The van der Waals surface area contributed by atoms with Crippen molar-refractivity contribution in [3.8, 4) is 5.69 Å². The van der Waals surface area contributed by atoms with Gasteiger partial charge in [-0.3, -0.25) is 9.59 Å². The number of pyridine rings is 1. The van der Waals surface area contributed by atoms with Gasteiger partial charge in [0.25, 0.3) is 5.91 Å². The monoisotopic (exact) mass is 477 g/mol. The maximum atomic E-state index is 13.6. The number of rotatable bonds is 4. The lowest BCUT2D eigenvalue weighted by atomic mass is 10.0. The van der Waals surface area contributed by atoms with Gasteiger partial charge in [-0.25, -0.2) is 0 Å². The molecule has 0 aliphatic carbocycles. The van der Waals surface area contributed by atoms with Gasteiger partial charge in [0.05, 0.1) is 12.2 Å². The second-order valence-electron chi connectivity index (χ2n) is 8.19.